The van der Waals surface area contributed by atoms with Crippen LogP contribution in [0.4, 0.5) is 0 Å². The van der Waals surface area contributed by atoms with Crippen LogP contribution in [0.15, 0.2) is 18.2 Å². The molecule has 6 heteroatoms. The molecule has 100 valence electrons. The van der Waals surface area contributed by atoms with Crippen molar-refractivity contribution in [1.82, 2.24) is 5.32 Å². The maximum atomic E-state index is 11.1. The largest absolute Gasteiger partial charge is 0.497 e. The molecule has 1 amide bonds. The third kappa shape index (κ3) is 3.61. The van der Waals surface area contributed by atoms with Gasteiger partial charge < -0.3 is 25.6 Å². The topological polar surface area (TPSA) is 95.4 Å². The normalized spacial score (nSPS) is 11.8. The average Bonchev–Trinajstić information content (AvgIpc) is 2.43. The van der Waals surface area contributed by atoms with Gasteiger partial charge in [-0.25, -0.2) is 0 Å². The smallest absolute Gasteiger partial charge is 0.275 e. The van der Waals surface area contributed by atoms with Crippen LogP contribution in [0.1, 0.15) is 11.7 Å². The van der Waals surface area contributed by atoms with Gasteiger partial charge in [-0.1, -0.05) is 0 Å². The Labute approximate surface area is 106 Å². The van der Waals surface area contributed by atoms with E-state index in [0.29, 0.717) is 17.1 Å². The van der Waals surface area contributed by atoms with Crippen molar-refractivity contribution in [2.24, 2.45) is 0 Å². The average molecular weight is 255 g/mol. The van der Waals surface area contributed by atoms with Crippen molar-refractivity contribution in [3.8, 4) is 11.5 Å². The zero-order valence-corrected chi connectivity index (χ0v) is 10.6. The summed E-state index contributed by atoms with van der Waals surface area (Å²) in [4.78, 5) is 11.1. The van der Waals surface area contributed by atoms with Gasteiger partial charge in [0.15, 0.2) is 6.54 Å². The van der Waals surface area contributed by atoms with Gasteiger partial charge in [0.05, 0.1) is 20.3 Å². The van der Waals surface area contributed by atoms with Crippen LogP contribution in [-0.4, -0.2) is 38.3 Å². The third-order valence-corrected chi connectivity index (χ3v) is 2.52. The molecule has 0 saturated carbocycles. The molecule has 0 heterocycles. The molecule has 0 radical (unpaired) electrons. The zero-order chi connectivity index (χ0) is 13.5. The fourth-order valence-corrected chi connectivity index (χ4v) is 1.51. The van der Waals surface area contributed by atoms with Crippen LogP contribution in [0.3, 0.4) is 0 Å². The standard InChI is InChI=1S/C12H18N2O4/c1-17-8-3-4-11(18-2)9(5-8)10(15)7-14-12(16)6-13/h3-5,10,15H,6-7,13H2,1-2H3,(H,14,16)/p+1/t10-/m1/s1. The quantitative estimate of drug-likeness (QED) is 0.613. The fourth-order valence-electron chi connectivity index (χ4n) is 1.51. The van der Waals surface area contributed by atoms with E-state index in [-0.39, 0.29) is 19.0 Å². The maximum Gasteiger partial charge on any atom is 0.275 e. The van der Waals surface area contributed by atoms with E-state index in [2.05, 4.69) is 11.1 Å². The Hall–Kier alpha value is -1.79. The SMILES string of the molecule is COc1ccc(OC)c([C@H](O)CNC(=O)C[NH3+])c1. The van der Waals surface area contributed by atoms with E-state index < -0.39 is 6.10 Å². The number of nitrogens with one attached hydrogen (secondary N) is 1. The molecule has 0 unspecified atom stereocenters. The first-order chi connectivity index (χ1) is 8.62. The second kappa shape index (κ2) is 6.83. The van der Waals surface area contributed by atoms with Gasteiger partial charge in [0.1, 0.15) is 11.5 Å². The summed E-state index contributed by atoms with van der Waals surface area (Å²) in [6.45, 7) is 0.250. The van der Waals surface area contributed by atoms with Gasteiger partial charge in [0.2, 0.25) is 0 Å². The van der Waals surface area contributed by atoms with E-state index >= 15 is 0 Å². The number of ether oxygens (including phenoxy) is 2. The molecule has 18 heavy (non-hydrogen) atoms. The van der Waals surface area contributed by atoms with Crippen LogP contribution >= 0.6 is 0 Å². The number of methoxy groups -OCH3 is 2. The second-order valence-corrected chi connectivity index (χ2v) is 3.68. The van der Waals surface area contributed by atoms with Gasteiger partial charge in [-0.15, -0.1) is 0 Å². The van der Waals surface area contributed by atoms with E-state index in [1.807, 2.05) is 0 Å². The number of amides is 1. The molecule has 0 aliphatic rings. The number of benzene rings is 1. The fraction of sp³-hybridized carbons (Fsp3) is 0.417. The van der Waals surface area contributed by atoms with Gasteiger partial charge in [0.25, 0.3) is 5.91 Å². The predicted octanol–water partition coefficient (Wildman–Crippen LogP) is -0.905. The molecule has 1 aromatic rings. The number of hydrogen-bond donors (Lipinski definition) is 3. The lowest BCUT2D eigenvalue weighted by molar-refractivity contribution is -0.355. The first-order valence-electron chi connectivity index (χ1n) is 5.58. The molecule has 0 bridgehead atoms. The second-order valence-electron chi connectivity index (χ2n) is 3.68. The molecule has 5 N–H and O–H groups in total. The predicted molar refractivity (Wildman–Crippen MR) is 65.3 cm³/mol. The van der Waals surface area contributed by atoms with Gasteiger partial charge in [-0.05, 0) is 18.2 Å². The molecule has 1 rings (SSSR count). The summed E-state index contributed by atoms with van der Waals surface area (Å²) in [6, 6.07) is 5.13. The Morgan fingerprint density at radius 1 is 1.44 bits per heavy atom. The minimum absolute atomic E-state index is 0.109. The van der Waals surface area contributed by atoms with Crippen molar-refractivity contribution < 1.29 is 25.1 Å². The lowest BCUT2D eigenvalue weighted by Gasteiger charge is -2.16. The van der Waals surface area contributed by atoms with Crippen LogP contribution in [-0.2, 0) is 4.79 Å². The van der Waals surface area contributed by atoms with Gasteiger partial charge in [-0.3, -0.25) is 4.79 Å². The molecule has 0 spiro atoms. The summed E-state index contributed by atoms with van der Waals surface area (Å²) in [7, 11) is 3.06. The van der Waals surface area contributed by atoms with E-state index in [1.165, 1.54) is 7.11 Å². The maximum absolute atomic E-state index is 11.1. The monoisotopic (exact) mass is 255 g/mol. The van der Waals surface area contributed by atoms with E-state index in [4.69, 9.17) is 9.47 Å². The van der Waals surface area contributed by atoms with Gasteiger partial charge in [0, 0.05) is 12.1 Å². The van der Waals surface area contributed by atoms with Crippen LogP contribution in [0.25, 0.3) is 0 Å². The summed E-state index contributed by atoms with van der Waals surface area (Å²) in [6.07, 6.45) is -0.856. The molecule has 0 fully saturated rings. The Morgan fingerprint density at radius 2 is 2.17 bits per heavy atom. The summed E-state index contributed by atoms with van der Waals surface area (Å²) < 4.78 is 10.2. The highest BCUT2D eigenvalue weighted by atomic mass is 16.5. The van der Waals surface area contributed by atoms with E-state index in [9.17, 15) is 9.90 Å². The van der Waals surface area contributed by atoms with E-state index in [0.717, 1.165) is 0 Å². The molecule has 0 aliphatic carbocycles. The van der Waals surface area contributed by atoms with Crippen molar-refractivity contribution >= 4 is 5.91 Å². The highest BCUT2D eigenvalue weighted by molar-refractivity contribution is 5.76. The number of carbonyl (C=O) groups excluding carboxylic acids is 1. The molecule has 0 aromatic heterocycles. The number of quaternary nitrogens is 1. The lowest BCUT2D eigenvalue weighted by atomic mass is 10.1. The van der Waals surface area contributed by atoms with Crippen molar-refractivity contribution in [3.63, 3.8) is 0 Å². The lowest BCUT2D eigenvalue weighted by Crippen LogP contribution is -2.57. The number of aliphatic hydroxyl groups is 1. The minimum Gasteiger partial charge on any atom is -0.497 e. The van der Waals surface area contributed by atoms with Crippen LogP contribution in [0, 0.1) is 0 Å². The summed E-state index contributed by atoms with van der Waals surface area (Å²) in [5, 5.41) is 12.6. The van der Waals surface area contributed by atoms with Crippen molar-refractivity contribution in [2.75, 3.05) is 27.3 Å². The molecule has 0 aliphatic heterocycles. The summed E-state index contributed by atoms with van der Waals surface area (Å²) in [5.74, 6) is 0.955. The Kier molecular flexibility index (Phi) is 5.41. The van der Waals surface area contributed by atoms with E-state index in [1.54, 1.807) is 25.3 Å². The van der Waals surface area contributed by atoms with Crippen LogP contribution in [0.5, 0.6) is 11.5 Å². The highest BCUT2D eigenvalue weighted by Crippen LogP contribution is 2.28. The number of carbonyl (C=O) groups is 1. The van der Waals surface area contributed by atoms with Crippen molar-refractivity contribution in [2.45, 2.75) is 6.10 Å². The highest BCUT2D eigenvalue weighted by Gasteiger charge is 2.15. The minimum atomic E-state index is -0.856. The van der Waals surface area contributed by atoms with Gasteiger partial charge in [-0.2, -0.15) is 0 Å². The molecule has 1 aromatic carbocycles. The number of rotatable bonds is 6. The van der Waals surface area contributed by atoms with Crippen LogP contribution in [0.2, 0.25) is 0 Å². The van der Waals surface area contributed by atoms with Crippen molar-refractivity contribution in [1.29, 1.82) is 0 Å². The zero-order valence-electron chi connectivity index (χ0n) is 10.6. The summed E-state index contributed by atoms with van der Waals surface area (Å²) >= 11 is 0. The molecule has 0 saturated heterocycles. The Balaban J connectivity index is 2.82. The first kappa shape index (κ1) is 14.3. The third-order valence-electron chi connectivity index (χ3n) is 2.52. The first-order valence-corrected chi connectivity index (χ1v) is 5.58. The van der Waals surface area contributed by atoms with Crippen molar-refractivity contribution in [3.05, 3.63) is 23.8 Å². The van der Waals surface area contributed by atoms with Gasteiger partial charge >= 0.3 is 0 Å². The van der Waals surface area contributed by atoms with Crippen LogP contribution < -0.4 is 20.5 Å². The summed E-state index contributed by atoms with van der Waals surface area (Å²) in [5.41, 5.74) is 4.03. The molecular weight excluding hydrogens is 236 g/mol. The Morgan fingerprint density at radius 3 is 2.72 bits per heavy atom. The number of aliphatic hydroxyl groups excluding tert-OH is 1. The molecular formula is C12H19N2O4+. The number of hydrogen-bond acceptors (Lipinski definition) is 4. The Bertz CT molecular complexity index is 409. The molecule has 1 atom stereocenters. The molecule has 6 nitrogen and oxygen atoms in total.